The van der Waals surface area contributed by atoms with Gasteiger partial charge in [-0.05, 0) is 0 Å². The van der Waals surface area contributed by atoms with Crippen molar-refractivity contribution in [2.24, 2.45) is 11.3 Å². The van der Waals surface area contributed by atoms with Crippen molar-refractivity contribution >= 4 is 3.21 Å². The maximum atomic E-state index is 13.9. The molecule has 0 saturated heterocycles. The summed E-state index contributed by atoms with van der Waals surface area (Å²) in [4.78, 5) is 0. The summed E-state index contributed by atoms with van der Waals surface area (Å²) < 4.78 is 85.3. The molecule has 4 aromatic rings. The fraction of sp³-hybridized carbons (Fsp3) is 0.326. The molecule has 0 radical (unpaired) electrons. The Hall–Kier alpha value is -3.31. The van der Waals surface area contributed by atoms with E-state index in [0.717, 1.165) is 45.0 Å². The molecule has 1 unspecified atom stereocenters. The van der Waals surface area contributed by atoms with Gasteiger partial charge in [-0.25, -0.2) is 0 Å². The van der Waals surface area contributed by atoms with Gasteiger partial charge < -0.3 is 0 Å². The fourth-order valence-electron chi connectivity index (χ4n) is 7.40. The van der Waals surface area contributed by atoms with Crippen LogP contribution in [0.1, 0.15) is 93.4 Å². The second-order valence-corrected chi connectivity index (χ2v) is 21.0. The van der Waals surface area contributed by atoms with Gasteiger partial charge in [0.05, 0.1) is 0 Å². The van der Waals surface area contributed by atoms with Gasteiger partial charge >= 0.3 is 301 Å². The third kappa shape index (κ3) is 6.72. The third-order valence-corrected chi connectivity index (χ3v) is 19.0. The summed E-state index contributed by atoms with van der Waals surface area (Å²) in [6.45, 7) is 17.1. The Morgan fingerprint density at radius 3 is 1.38 bits per heavy atom. The Bertz CT molecular complexity index is 1950. The molecule has 1 atom stereocenters. The predicted molar refractivity (Wildman–Crippen MR) is 188 cm³/mol. The number of benzene rings is 4. The van der Waals surface area contributed by atoms with E-state index in [4.69, 9.17) is 0 Å². The molecule has 0 saturated carbocycles. The normalized spacial score (nSPS) is 16.2. The molecule has 50 heavy (non-hydrogen) atoms. The summed E-state index contributed by atoms with van der Waals surface area (Å²) in [6, 6.07) is 19.6. The molecule has 0 amide bonds. The van der Waals surface area contributed by atoms with Crippen molar-refractivity contribution in [2.45, 2.75) is 77.8 Å². The van der Waals surface area contributed by atoms with Crippen LogP contribution in [-0.2, 0) is 33.6 Å². The molecule has 2 aliphatic rings. The van der Waals surface area contributed by atoms with E-state index in [1.54, 1.807) is 0 Å². The number of hydrogen-bond acceptors (Lipinski definition) is 0. The molecule has 7 heteroatoms. The summed E-state index contributed by atoms with van der Waals surface area (Å²) in [5.41, 5.74) is 10.3. The van der Waals surface area contributed by atoms with E-state index in [2.05, 4.69) is 91.8 Å². The number of halogens is 6. The van der Waals surface area contributed by atoms with E-state index in [1.807, 2.05) is 0 Å². The van der Waals surface area contributed by atoms with Crippen molar-refractivity contribution in [3.8, 4) is 11.1 Å². The van der Waals surface area contributed by atoms with Crippen LogP contribution in [0.2, 0.25) is 0 Å². The van der Waals surface area contributed by atoms with Crippen LogP contribution in [0.4, 0.5) is 26.3 Å². The second kappa shape index (κ2) is 13.0. The molecule has 0 fully saturated rings. The van der Waals surface area contributed by atoms with Gasteiger partial charge in [-0.2, -0.15) is 0 Å². The second-order valence-electron chi connectivity index (χ2n) is 14.9. The molecule has 0 spiro atoms. The Morgan fingerprint density at radius 1 is 0.620 bits per heavy atom. The first-order valence-corrected chi connectivity index (χ1v) is 20.9. The Morgan fingerprint density at radius 2 is 1.02 bits per heavy atom. The van der Waals surface area contributed by atoms with Crippen LogP contribution in [-0.4, -0.2) is 3.21 Å². The van der Waals surface area contributed by atoms with Crippen molar-refractivity contribution in [3.05, 3.63) is 149 Å². The number of aryl methyl sites for hydroxylation is 4. The van der Waals surface area contributed by atoms with Gasteiger partial charge in [0.1, 0.15) is 0 Å². The zero-order valence-electron chi connectivity index (χ0n) is 29.7. The van der Waals surface area contributed by atoms with Crippen LogP contribution in [0.25, 0.3) is 11.1 Å². The van der Waals surface area contributed by atoms with Gasteiger partial charge in [-0.3, -0.25) is 0 Å². The SMILES string of the molecule is CCC1C=C(C(C)(C)C)C=[C]1[Zr](=[C](c1ccc(C(F)(F)F)cc1)c1ccc(C(F)(F)F)cc1)[CH]1c2cc(C)c(C)cc2-c2cc(C)c(C)cc21. The molecular formula is C43H42F6Zr. The number of hydrogen-bond donors (Lipinski definition) is 0. The van der Waals surface area contributed by atoms with Crippen LogP contribution < -0.4 is 0 Å². The van der Waals surface area contributed by atoms with E-state index in [9.17, 15) is 26.3 Å². The molecule has 0 bridgehead atoms. The average Bonchev–Trinajstić information content (AvgIpc) is 3.59. The maximum absolute atomic E-state index is 13.9. The molecule has 0 heterocycles. The van der Waals surface area contributed by atoms with Gasteiger partial charge in [0.2, 0.25) is 0 Å². The first-order valence-electron chi connectivity index (χ1n) is 17.1. The van der Waals surface area contributed by atoms with Crippen molar-refractivity contribution < 1.29 is 47.6 Å². The Labute approximate surface area is 299 Å². The summed E-state index contributed by atoms with van der Waals surface area (Å²) >= 11 is -3.50. The predicted octanol–water partition coefficient (Wildman–Crippen LogP) is 12.8. The van der Waals surface area contributed by atoms with Gasteiger partial charge in [-0.1, -0.05) is 0 Å². The van der Waals surface area contributed by atoms with Crippen molar-refractivity contribution in [3.63, 3.8) is 0 Å². The van der Waals surface area contributed by atoms with E-state index < -0.39 is 44.7 Å². The van der Waals surface area contributed by atoms with E-state index in [-0.39, 0.29) is 15.0 Å². The van der Waals surface area contributed by atoms with Crippen LogP contribution in [0.15, 0.2) is 93.8 Å². The van der Waals surface area contributed by atoms with Gasteiger partial charge in [0.15, 0.2) is 0 Å². The number of fused-ring (bicyclic) bond motifs is 3. The Kier molecular flexibility index (Phi) is 9.51. The van der Waals surface area contributed by atoms with Gasteiger partial charge in [0.25, 0.3) is 0 Å². The number of rotatable bonds is 5. The minimum atomic E-state index is -4.52. The molecule has 0 aromatic heterocycles. The van der Waals surface area contributed by atoms with Gasteiger partial charge in [0, 0.05) is 0 Å². The molecular weight excluding hydrogens is 722 g/mol. The topological polar surface area (TPSA) is 0 Å². The zero-order chi connectivity index (χ0) is 36.5. The molecule has 0 aliphatic heterocycles. The van der Waals surface area contributed by atoms with Crippen LogP contribution in [0, 0.1) is 39.0 Å². The quantitative estimate of drug-likeness (QED) is 0.178. The first kappa shape index (κ1) is 36.5. The van der Waals surface area contributed by atoms with Gasteiger partial charge in [-0.15, -0.1) is 0 Å². The van der Waals surface area contributed by atoms with Crippen molar-refractivity contribution in [1.29, 1.82) is 0 Å². The summed E-state index contributed by atoms with van der Waals surface area (Å²) in [6.07, 6.45) is -3.50. The summed E-state index contributed by atoms with van der Waals surface area (Å²) in [7, 11) is 0. The van der Waals surface area contributed by atoms with Crippen LogP contribution in [0.5, 0.6) is 0 Å². The van der Waals surface area contributed by atoms with Crippen molar-refractivity contribution in [1.82, 2.24) is 0 Å². The standard InChI is InChI=1S/C17H17.C15H8F6.C11H17.Zr/c1-10-5-14-9-15-6-11(2)13(4)8-17(15)16(14)7-12(10)3;16-14(17,18)12-5-1-10(2-6-12)9-11-3-7-13(8-4-11)15(19,20)21;1-5-9-6-7-10(8-9)11(2,3)4;/h5-9H,1-4H3;1-8H;7-9H,5H2,1-4H3;. The minimum absolute atomic E-state index is 0.0476. The molecule has 260 valence electrons. The monoisotopic (exact) mass is 762 g/mol. The molecule has 4 aromatic carbocycles. The first-order chi connectivity index (χ1) is 23.3. The zero-order valence-corrected chi connectivity index (χ0v) is 32.2. The molecule has 6 rings (SSSR count). The van der Waals surface area contributed by atoms with Crippen LogP contribution in [0.3, 0.4) is 0 Å². The summed E-state index contributed by atoms with van der Waals surface area (Å²) in [5, 5.41) is 0. The van der Waals surface area contributed by atoms with Crippen molar-refractivity contribution in [2.75, 3.05) is 0 Å². The van der Waals surface area contributed by atoms with E-state index in [1.165, 1.54) is 66.5 Å². The number of alkyl halides is 6. The molecule has 0 N–H and O–H groups in total. The van der Waals surface area contributed by atoms with E-state index in [0.29, 0.717) is 11.1 Å². The third-order valence-electron chi connectivity index (χ3n) is 10.5. The average molecular weight is 764 g/mol. The molecule has 2 aliphatic carbocycles. The van der Waals surface area contributed by atoms with E-state index >= 15 is 0 Å². The number of allylic oxidation sites excluding steroid dienone is 4. The van der Waals surface area contributed by atoms with Crippen LogP contribution >= 0.6 is 0 Å². The Balaban J connectivity index is 1.78. The fourth-order valence-corrected chi connectivity index (χ4v) is 17.1. The summed E-state index contributed by atoms with van der Waals surface area (Å²) in [5.74, 6) is 0.114. The molecule has 0 nitrogen and oxygen atoms in total.